The molecule has 7 nitrogen and oxygen atoms in total. The lowest BCUT2D eigenvalue weighted by Crippen LogP contribution is -2.16. The highest BCUT2D eigenvalue weighted by molar-refractivity contribution is 6.33. The fourth-order valence-electron chi connectivity index (χ4n) is 3.45. The second kappa shape index (κ2) is 10.8. The van der Waals surface area contributed by atoms with E-state index in [1.165, 1.54) is 16.7 Å². The Morgan fingerprint density at radius 1 is 1.03 bits per heavy atom. The van der Waals surface area contributed by atoms with Crippen LogP contribution in [0.4, 0.5) is 5.69 Å². The predicted molar refractivity (Wildman–Crippen MR) is 120 cm³/mol. The van der Waals surface area contributed by atoms with Crippen LogP contribution in [0.5, 0.6) is 0 Å². The molecule has 0 fully saturated rings. The monoisotopic (exact) mass is 444 g/mol. The van der Waals surface area contributed by atoms with Gasteiger partial charge in [-0.1, -0.05) is 29.8 Å². The molecule has 0 radical (unpaired) electrons. The number of carboxylic acids is 2. The number of rotatable bonds is 6. The number of aliphatic carboxylic acids is 2. The van der Waals surface area contributed by atoms with Crippen molar-refractivity contribution >= 4 is 40.2 Å². The molecule has 0 unspecified atom stereocenters. The first-order valence-electron chi connectivity index (χ1n) is 10.1. The van der Waals surface area contributed by atoms with Crippen LogP contribution in [0.2, 0.25) is 5.02 Å². The number of hydrogen-bond acceptors (Lipinski definition) is 5. The van der Waals surface area contributed by atoms with Crippen molar-refractivity contribution in [3.8, 4) is 0 Å². The van der Waals surface area contributed by atoms with Crippen molar-refractivity contribution in [2.75, 3.05) is 18.4 Å². The van der Waals surface area contributed by atoms with E-state index in [0.29, 0.717) is 0 Å². The number of carbonyl (C=O) groups is 2. The summed E-state index contributed by atoms with van der Waals surface area (Å²) in [4.78, 5) is 19.3. The minimum Gasteiger partial charge on any atom is -0.481 e. The Hall–Kier alpha value is -3.03. The Morgan fingerprint density at radius 2 is 1.77 bits per heavy atom. The molecular weight excluding hydrogens is 420 g/mol. The van der Waals surface area contributed by atoms with Crippen LogP contribution in [0.15, 0.2) is 47.1 Å². The second-order valence-corrected chi connectivity index (χ2v) is 7.65. The normalized spacial score (nSPS) is 12.9. The number of hydrogen-bond donors (Lipinski definition) is 4. The van der Waals surface area contributed by atoms with Gasteiger partial charge in [-0.05, 0) is 60.8 Å². The van der Waals surface area contributed by atoms with E-state index >= 15 is 0 Å². The van der Waals surface area contributed by atoms with E-state index in [0.717, 1.165) is 54.2 Å². The molecule has 8 heteroatoms. The van der Waals surface area contributed by atoms with Gasteiger partial charge in [0.25, 0.3) is 0 Å². The van der Waals surface area contributed by atoms with Crippen LogP contribution in [-0.2, 0) is 29.0 Å². The van der Waals surface area contributed by atoms with Gasteiger partial charge in [0.05, 0.1) is 29.8 Å². The van der Waals surface area contributed by atoms with Gasteiger partial charge in [0.2, 0.25) is 0 Å². The van der Waals surface area contributed by atoms with Gasteiger partial charge in [0.15, 0.2) is 0 Å². The molecule has 0 spiro atoms. The maximum atomic E-state index is 9.64. The molecule has 0 atom stereocenters. The van der Waals surface area contributed by atoms with Gasteiger partial charge in [-0.25, -0.2) is 0 Å². The Kier molecular flexibility index (Phi) is 7.92. The Labute approximate surface area is 185 Å². The van der Waals surface area contributed by atoms with Crippen molar-refractivity contribution in [2.24, 2.45) is 0 Å². The highest BCUT2D eigenvalue weighted by Crippen LogP contribution is 2.31. The smallest absolute Gasteiger partial charge is 0.303 e. The lowest BCUT2D eigenvalue weighted by molar-refractivity contribution is -0.143. The van der Waals surface area contributed by atoms with Crippen LogP contribution in [0.3, 0.4) is 0 Å². The zero-order valence-corrected chi connectivity index (χ0v) is 17.7. The third-order valence-electron chi connectivity index (χ3n) is 5.02. The summed E-state index contributed by atoms with van der Waals surface area (Å²) in [6, 6.07) is 12.4. The van der Waals surface area contributed by atoms with Crippen LogP contribution in [0.1, 0.15) is 29.5 Å². The Bertz CT molecular complexity index is 1050. The minimum absolute atomic E-state index is 0.296. The third-order valence-corrected chi connectivity index (χ3v) is 5.34. The van der Waals surface area contributed by atoms with Crippen LogP contribution in [-0.4, -0.2) is 35.2 Å². The van der Waals surface area contributed by atoms with E-state index in [-0.39, 0.29) is 12.8 Å². The number of halogens is 1. The van der Waals surface area contributed by atoms with Crippen LogP contribution < -0.4 is 10.6 Å². The van der Waals surface area contributed by atoms with Gasteiger partial charge >= 0.3 is 11.9 Å². The van der Waals surface area contributed by atoms with E-state index in [1.54, 1.807) is 6.26 Å². The summed E-state index contributed by atoms with van der Waals surface area (Å²) in [5, 5.41) is 24.7. The molecule has 4 N–H and O–H groups in total. The molecule has 0 amide bonds. The molecule has 0 saturated carbocycles. The zero-order chi connectivity index (χ0) is 22.2. The van der Waals surface area contributed by atoms with E-state index in [2.05, 4.69) is 34.9 Å². The molecule has 164 valence electrons. The standard InChI is InChI=1S/C19H19ClN2O.C4H6O4/c20-17-4-3-14-5-8-21-9-6-16(14)19(17)22-12-13-1-2-15-7-10-23-18(15)11-13;5-3(6)1-2-4(7)8/h1-4,7,10-11,21-22H,5-6,8-9,12H2;1-2H2,(H,5,6)(H,7,8). The maximum Gasteiger partial charge on any atom is 0.303 e. The first kappa shape index (κ1) is 22.7. The first-order chi connectivity index (χ1) is 14.9. The molecule has 4 rings (SSSR count). The average molecular weight is 445 g/mol. The quantitative estimate of drug-likeness (QED) is 0.448. The van der Waals surface area contributed by atoms with Gasteiger partial charge in [0, 0.05) is 11.9 Å². The van der Waals surface area contributed by atoms with E-state index < -0.39 is 11.9 Å². The molecule has 3 aromatic rings. The molecule has 0 saturated heterocycles. The van der Waals surface area contributed by atoms with Crippen LogP contribution >= 0.6 is 11.6 Å². The fraction of sp³-hybridized carbons (Fsp3) is 0.304. The number of anilines is 1. The minimum atomic E-state index is -1.08. The lowest BCUT2D eigenvalue weighted by Gasteiger charge is -2.16. The van der Waals surface area contributed by atoms with Crippen molar-refractivity contribution in [1.29, 1.82) is 0 Å². The zero-order valence-electron chi connectivity index (χ0n) is 17.0. The van der Waals surface area contributed by atoms with Crippen molar-refractivity contribution < 1.29 is 24.2 Å². The maximum absolute atomic E-state index is 9.64. The molecule has 2 aromatic carbocycles. The summed E-state index contributed by atoms with van der Waals surface area (Å²) in [6.07, 6.45) is 3.20. The van der Waals surface area contributed by atoms with Crippen LogP contribution in [0, 0.1) is 0 Å². The number of furan rings is 1. The van der Waals surface area contributed by atoms with Gasteiger partial charge in [-0.15, -0.1) is 0 Å². The van der Waals surface area contributed by atoms with Crippen molar-refractivity contribution in [2.45, 2.75) is 32.2 Å². The summed E-state index contributed by atoms with van der Waals surface area (Å²) < 4.78 is 5.48. The predicted octanol–water partition coefficient (Wildman–Crippen LogP) is 4.32. The van der Waals surface area contributed by atoms with Crippen molar-refractivity contribution in [3.05, 3.63) is 64.4 Å². The summed E-state index contributed by atoms with van der Waals surface area (Å²) in [7, 11) is 0. The number of benzene rings is 2. The average Bonchev–Trinajstić information content (AvgIpc) is 3.08. The molecule has 1 aromatic heterocycles. The molecule has 31 heavy (non-hydrogen) atoms. The summed E-state index contributed by atoms with van der Waals surface area (Å²) >= 11 is 6.46. The van der Waals surface area contributed by atoms with Gasteiger partial charge < -0.3 is 25.3 Å². The molecule has 1 aliphatic rings. The first-order valence-corrected chi connectivity index (χ1v) is 10.5. The number of nitrogens with one attached hydrogen (secondary N) is 2. The van der Waals surface area contributed by atoms with E-state index in [4.69, 9.17) is 26.2 Å². The third kappa shape index (κ3) is 6.47. The summed E-state index contributed by atoms with van der Waals surface area (Å²) in [5.41, 5.74) is 5.93. The molecule has 2 heterocycles. The SMILES string of the molecule is Clc1ccc2c(c1NCc1ccc3ccoc3c1)CCNCC2.O=C(O)CCC(=O)O. The van der Waals surface area contributed by atoms with Gasteiger partial charge in [-0.2, -0.15) is 0 Å². The highest BCUT2D eigenvalue weighted by atomic mass is 35.5. The topological polar surface area (TPSA) is 112 Å². The Balaban J connectivity index is 0.000000293. The largest absolute Gasteiger partial charge is 0.481 e. The van der Waals surface area contributed by atoms with E-state index in [9.17, 15) is 9.59 Å². The van der Waals surface area contributed by atoms with Crippen molar-refractivity contribution in [1.82, 2.24) is 5.32 Å². The Morgan fingerprint density at radius 3 is 2.52 bits per heavy atom. The van der Waals surface area contributed by atoms with E-state index in [1.807, 2.05) is 12.1 Å². The van der Waals surface area contributed by atoms with Crippen LogP contribution in [0.25, 0.3) is 11.0 Å². The molecule has 1 aliphatic heterocycles. The lowest BCUT2D eigenvalue weighted by atomic mass is 10.0. The number of fused-ring (bicyclic) bond motifs is 2. The van der Waals surface area contributed by atoms with Gasteiger partial charge in [0.1, 0.15) is 5.58 Å². The molecule has 0 bridgehead atoms. The fourth-order valence-corrected chi connectivity index (χ4v) is 3.69. The summed E-state index contributed by atoms with van der Waals surface area (Å²) in [6.45, 7) is 2.77. The number of carboxylic acid groups (broad SMARTS) is 2. The molecular formula is C23H25ClN2O5. The second-order valence-electron chi connectivity index (χ2n) is 7.24. The highest BCUT2D eigenvalue weighted by Gasteiger charge is 2.14. The molecule has 0 aliphatic carbocycles. The van der Waals surface area contributed by atoms with Gasteiger partial charge in [-0.3, -0.25) is 9.59 Å². The van der Waals surface area contributed by atoms with Crippen molar-refractivity contribution in [3.63, 3.8) is 0 Å². The summed E-state index contributed by atoms with van der Waals surface area (Å²) in [5.74, 6) is -2.15.